The van der Waals surface area contributed by atoms with Crippen LogP contribution in [0.3, 0.4) is 0 Å². The number of hydrogen-bond donors (Lipinski definition) is 4. The van der Waals surface area contributed by atoms with Crippen molar-refractivity contribution >= 4 is 64.5 Å². The van der Waals surface area contributed by atoms with Crippen LogP contribution in [0.2, 0.25) is 0 Å². The summed E-state index contributed by atoms with van der Waals surface area (Å²) in [5.41, 5.74) is 6.97. The molecule has 5 heterocycles. The van der Waals surface area contributed by atoms with Gasteiger partial charge in [0.05, 0.1) is 18.6 Å². The van der Waals surface area contributed by atoms with E-state index in [2.05, 4.69) is 38.5 Å². The molecule has 22 nitrogen and oxygen atoms in total. The lowest BCUT2D eigenvalue weighted by Crippen LogP contribution is -2.34. The van der Waals surface area contributed by atoms with Gasteiger partial charge in [-0.25, -0.2) is 18.6 Å². The number of aromatic nitrogens is 6. The van der Waals surface area contributed by atoms with Crippen LogP contribution in [-0.2, 0) is 59.3 Å². The Balaban J connectivity index is 1.38. The number of anilines is 2. The molecule has 7 unspecified atom stereocenters. The summed E-state index contributed by atoms with van der Waals surface area (Å²) in [5.74, 6) is -0.168. The Morgan fingerprint density at radius 2 is 1.89 bits per heavy atom. The number of nitrogens with two attached hydrogens (primary N) is 1. The highest BCUT2D eigenvalue weighted by Gasteiger charge is 2.55. The molecule has 1 amide bonds. The molecule has 5 N–H and O–H groups in total. The van der Waals surface area contributed by atoms with Gasteiger partial charge in [0.15, 0.2) is 16.8 Å². The maximum Gasteiger partial charge on any atom is 0.282 e. The van der Waals surface area contributed by atoms with E-state index >= 15 is 0 Å². The fraction of sp³-hybridized carbons (Fsp3) is 0.550. The minimum atomic E-state index is -6.15. The number of H-pyrrole nitrogens is 1. The number of aryl methyl sites for hydroxylation is 1. The average Bonchev–Trinajstić information content (AvgIpc) is 3.64. The fourth-order valence-corrected chi connectivity index (χ4v) is 7.91. The number of carbonyl (C=O) groups excluding carboxylic acids is 1. The lowest BCUT2D eigenvalue weighted by atomic mass is 10.1. The molecule has 46 heavy (non-hydrogen) atoms. The predicted molar refractivity (Wildman–Crippen MR) is 148 cm³/mol. The number of imidazole rings is 1. The zero-order chi connectivity index (χ0) is 33.8. The number of hydrogen-bond acceptors (Lipinski definition) is 18. The van der Waals surface area contributed by atoms with Crippen LogP contribution in [0.4, 0.5) is 11.8 Å². The van der Waals surface area contributed by atoms with Gasteiger partial charge >= 0.3 is 0 Å². The van der Waals surface area contributed by atoms with Gasteiger partial charge in [-0.15, -0.1) is 0 Å². The predicted octanol–water partition coefficient (Wildman–Crippen LogP) is -0.903. The van der Waals surface area contributed by atoms with E-state index in [1.165, 1.54) is 15.6 Å². The summed E-state index contributed by atoms with van der Waals surface area (Å²) in [6, 6.07) is 1.68. The molecule has 0 aromatic carbocycles. The molecule has 5 rings (SSSR count). The van der Waals surface area contributed by atoms with Crippen LogP contribution >= 0.6 is 35.7 Å². The SMILES string of the molecule is CC(C)Cc1cc(NC(=O)[C@@H]2OC3C(COP(=O)([O-])OP(=O)([O-])OP(=O)([O-])O)OC(n4cnc5c(=S)nc(N)[nH]c54)C3O2)n(C)n1. The molecule has 3 aromatic heterocycles. The van der Waals surface area contributed by atoms with Crippen molar-refractivity contribution in [2.75, 3.05) is 17.7 Å². The summed E-state index contributed by atoms with van der Waals surface area (Å²) in [4.78, 5) is 67.2. The van der Waals surface area contributed by atoms with Gasteiger partial charge in [-0.1, -0.05) is 26.1 Å². The number of ether oxygens (including phenoxy) is 3. The molecule has 2 saturated heterocycles. The third-order valence-corrected chi connectivity index (χ3v) is 10.4. The Bertz CT molecular complexity index is 1840. The molecule has 26 heteroatoms. The fourth-order valence-electron chi connectivity index (χ4n) is 4.76. The Kier molecular flexibility index (Phi) is 9.75. The summed E-state index contributed by atoms with van der Waals surface area (Å²) in [7, 11) is -16.3. The zero-order valence-electron chi connectivity index (χ0n) is 23.9. The first kappa shape index (κ1) is 34.9. The molecule has 2 aliphatic rings. The van der Waals surface area contributed by atoms with E-state index in [1.54, 1.807) is 13.1 Å². The summed E-state index contributed by atoms with van der Waals surface area (Å²) in [5, 5.41) is 7.02. The summed E-state index contributed by atoms with van der Waals surface area (Å²) in [6.45, 7) is 3.03. The van der Waals surface area contributed by atoms with E-state index in [-0.39, 0.29) is 21.8 Å². The molecule has 0 aliphatic carbocycles. The lowest BCUT2D eigenvalue weighted by molar-refractivity contribution is -0.250. The second-order valence-corrected chi connectivity index (χ2v) is 15.1. The van der Waals surface area contributed by atoms with Gasteiger partial charge in [-0.05, 0) is 12.3 Å². The third kappa shape index (κ3) is 7.97. The van der Waals surface area contributed by atoms with Crippen LogP contribution in [0.15, 0.2) is 12.4 Å². The van der Waals surface area contributed by atoms with E-state index in [0.717, 1.165) is 5.69 Å². The molecule has 0 radical (unpaired) electrons. The molecule has 0 spiro atoms. The Labute approximate surface area is 263 Å². The van der Waals surface area contributed by atoms with Crippen LogP contribution in [0.1, 0.15) is 25.8 Å². The highest BCUT2D eigenvalue weighted by Crippen LogP contribution is 2.61. The maximum atomic E-state index is 13.2. The van der Waals surface area contributed by atoms with Crippen molar-refractivity contribution in [1.82, 2.24) is 29.3 Å². The maximum absolute atomic E-state index is 13.2. The van der Waals surface area contributed by atoms with Crippen LogP contribution in [0.5, 0.6) is 0 Å². The normalized spacial score (nSPS) is 26.9. The minimum absolute atomic E-state index is 0.0486. The number of fused-ring (bicyclic) bond motifs is 2. The second kappa shape index (κ2) is 12.9. The van der Waals surface area contributed by atoms with Crippen molar-refractivity contribution in [2.45, 2.75) is 51.1 Å². The number of phosphoric acid groups is 3. The van der Waals surface area contributed by atoms with Crippen molar-refractivity contribution in [2.24, 2.45) is 13.0 Å². The molecule has 0 bridgehead atoms. The Morgan fingerprint density at radius 3 is 2.57 bits per heavy atom. The molecule has 0 saturated carbocycles. The molecule has 254 valence electrons. The first-order chi connectivity index (χ1) is 21.3. The van der Waals surface area contributed by atoms with Crippen molar-refractivity contribution < 1.29 is 65.4 Å². The van der Waals surface area contributed by atoms with Gasteiger partial charge in [0, 0.05) is 13.1 Å². The number of aromatic amines is 1. The van der Waals surface area contributed by atoms with Gasteiger partial charge in [-0.2, -0.15) is 5.10 Å². The topological polar surface area (TPSA) is 315 Å². The van der Waals surface area contributed by atoms with Crippen LogP contribution in [-0.4, -0.2) is 71.3 Å². The highest BCUT2D eigenvalue weighted by molar-refractivity contribution is 7.71. The second-order valence-electron chi connectivity index (χ2n) is 10.4. The van der Waals surface area contributed by atoms with E-state index in [0.29, 0.717) is 18.2 Å². The summed E-state index contributed by atoms with van der Waals surface area (Å²) in [6.07, 6.45) is -4.55. The third-order valence-electron chi connectivity index (χ3n) is 6.40. The number of amides is 1. The molecule has 2 fully saturated rings. The first-order valence-corrected chi connectivity index (χ1v) is 17.9. The summed E-state index contributed by atoms with van der Waals surface area (Å²) < 4.78 is 66.7. The molecule has 8 atom stereocenters. The number of nitrogens with zero attached hydrogens (tertiary/aromatic N) is 5. The smallest absolute Gasteiger partial charge is 0.282 e. The average molecular weight is 727 g/mol. The minimum Gasteiger partial charge on any atom is -0.756 e. The van der Waals surface area contributed by atoms with Gasteiger partial charge in [0.1, 0.15) is 35.3 Å². The first-order valence-electron chi connectivity index (χ1n) is 13.1. The number of carbonyl (C=O) groups is 1. The monoisotopic (exact) mass is 727 g/mol. The Morgan fingerprint density at radius 1 is 1.20 bits per heavy atom. The number of nitrogen functional groups attached to an aromatic ring is 1. The molecular weight excluding hydrogens is 701 g/mol. The summed E-state index contributed by atoms with van der Waals surface area (Å²) >= 11 is 5.20. The quantitative estimate of drug-likeness (QED) is 0.130. The largest absolute Gasteiger partial charge is 0.756 e. The van der Waals surface area contributed by atoms with Crippen LogP contribution < -0.4 is 25.7 Å². The number of rotatable bonds is 12. The van der Waals surface area contributed by atoms with Crippen molar-refractivity contribution in [3.8, 4) is 0 Å². The molecule has 3 aromatic rings. The standard InChI is InChI=1S/C20H29N8O14P3S/c1-8(2)4-9-5-11(27(3)26-9)23-16(29)19-39-13-10(6-37-44(33,34)42-45(35,36)41-43(30,31)32)38-18(14(13)40-19)28-7-22-12-15(28)24-20(21)25-17(12)46/h5,7-8,10,13-14,18-19H,4,6H2,1-3H3,(H,23,29)(H,33,34)(H,35,36)(H2,30,31,32)(H3,21,24,25,46)/p-3/t10?,13?,14?,18?,19-/m1/s1. The highest BCUT2D eigenvalue weighted by atomic mass is 32.1. The van der Waals surface area contributed by atoms with Crippen LogP contribution in [0.25, 0.3) is 11.2 Å². The van der Waals surface area contributed by atoms with E-state index in [9.17, 15) is 33.2 Å². The number of phosphoric ester groups is 1. The molecular formula is C20H26N8O14P3S-3. The van der Waals surface area contributed by atoms with Crippen LogP contribution in [0, 0.1) is 10.6 Å². The van der Waals surface area contributed by atoms with Crippen molar-refractivity contribution in [3.63, 3.8) is 0 Å². The zero-order valence-corrected chi connectivity index (χ0v) is 27.4. The Hall–Kier alpha value is -2.46. The van der Waals surface area contributed by atoms with Gasteiger partial charge in [0.2, 0.25) is 6.29 Å². The van der Waals surface area contributed by atoms with E-state index < -0.39 is 66.8 Å². The van der Waals surface area contributed by atoms with Crippen molar-refractivity contribution in [3.05, 3.63) is 22.7 Å². The van der Waals surface area contributed by atoms with Crippen molar-refractivity contribution in [1.29, 1.82) is 0 Å². The number of nitrogens with one attached hydrogen (secondary N) is 2. The van der Waals surface area contributed by atoms with Gasteiger partial charge < -0.3 is 54.3 Å². The van der Waals surface area contributed by atoms with Gasteiger partial charge in [-0.3, -0.25) is 27.7 Å². The molecule has 2 aliphatic heterocycles. The van der Waals surface area contributed by atoms with Gasteiger partial charge in [0.25, 0.3) is 29.4 Å². The van der Waals surface area contributed by atoms with E-state index in [1.807, 2.05) is 13.8 Å². The lowest BCUT2D eigenvalue weighted by Gasteiger charge is -2.33. The van der Waals surface area contributed by atoms with E-state index in [4.69, 9.17) is 37.1 Å².